The van der Waals surface area contributed by atoms with Crippen LogP contribution >= 0.6 is 0 Å². The van der Waals surface area contributed by atoms with Gasteiger partial charge in [0.15, 0.2) is 11.9 Å². The van der Waals surface area contributed by atoms with Crippen LogP contribution < -0.4 is 20.1 Å². The van der Waals surface area contributed by atoms with E-state index in [1.54, 1.807) is 31.3 Å². The number of primary amides is 1. The number of benzene rings is 1. The lowest BCUT2D eigenvalue weighted by Gasteiger charge is -2.16. The van der Waals surface area contributed by atoms with Gasteiger partial charge in [0.25, 0.3) is 5.91 Å². The number of nitrogens with two attached hydrogens (primary N) is 1. The number of cyclic esters (lactones) is 1. The Bertz CT molecular complexity index is 931. The van der Waals surface area contributed by atoms with Crippen molar-refractivity contribution >= 4 is 17.8 Å². The smallest absolute Gasteiger partial charge is 0.416 e. The fourth-order valence-electron chi connectivity index (χ4n) is 3.15. The molecule has 9 nitrogen and oxygen atoms in total. The first-order chi connectivity index (χ1) is 13.5. The van der Waals surface area contributed by atoms with Crippen molar-refractivity contribution in [3.8, 4) is 22.9 Å². The Balaban J connectivity index is 1.68. The number of carbonyl (C=O) groups is 2. The number of amides is 2. The largest absolute Gasteiger partial charge is 0.491 e. The van der Waals surface area contributed by atoms with Gasteiger partial charge in [-0.05, 0) is 19.1 Å². The van der Waals surface area contributed by atoms with Crippen LogP contribution in [0.25, 0.3) is 11.4 Å². The molecule has 0 aliphatic carbocycles. The van der Waals surface area contributed by atoms with E-state index in [0.29, 0.717) is 41.9 Å². The van der Waals surface area contributed by atoms with E-state index in [4.69, 9.17) is 19.9 Å². The number of halogens is 1. The molecule has 1 saturated heterocycles. The summed E-state index contributed by atoms with van der Waals surface area (Å²) in [6.45, 7) is 1.70. The fourth-order valence-corrected chi connectivity index (χ4v) is 3.15. The van der Waals surface area contributed by atoms with E-state index in [2.05, 4.69) is 4.98 Å². The summed E-state index contributed by atoms with van der Waals surface area (Å²) in [4.78, 5) is 28.9. The summed E-state index contributed by atoms with van der Waals surface area (Å²) in [6, 6.07) is 4.41. The first-order valence-corrected chi connectivity index (χ1v) is 8.80. The summed E-state index contributed by atoms with van der Waals surface area (Å²) in [7, 11) is 0. The molecule has 0 spiro atoms. The monoisotopic (exact) mass is 390 g/mol. The van der Waals surface area contributed by atoms with Crippen LogP contribution in [-0.2, 0) is 16.1 Å². The van der Waals surface area contributed by atoms with Gasteiger partial charge in [-0.1, -0.05) is 0 Å². The Morgan fingerprint density at radius 3 is 3.04 bits per heavy atom. The van der Waals surface area contributed by atoms with E-state index >= 15 is 0 Å². The number of ether oxygens (including phenoxy) is 3. The quantitative estimate of drug-likeness (QED) is 0.829. The molecule has 0 saturated carbocycles. The Morgan fingerprint density at radius 1 is 1.46 bits per heavy atom. The normalized spacial score (nSPS) is 19.1. The van der Waals surface area contributed by atoms with E-state index < -0.39 is 30.8 Å². The summed E-state index contributed by atoms with van der Waals surface area (Å²) >= 11 is 0. The van der Waals surface area contributed by atoms with Crippen LogP contribution in [0.2, 0.25) is 0 Å². The molecule has 28 heavy (non-hydrogen) atoms. The lowest BCUT2D eigenvalue weighted by atomic mass is 10.1. The van der Waals surface area contributed by atoms with E-state index in [9.17, 15) is 14.0 Å². The van der Waals surface area contributed by atoms with Crippen molar-refractivity contribution in [3.05, 3.63) is 24.4 Å². The highest BCUT2D eigenvalue weighted by molar-refractivity contribution is 5.89. The van der Waals surface area contributed by atoms with E-state index in [1.807, 2.05) is 4.57 Å². The molecule has 2 aliphatic heterocycles. The first kappa shape index (κ1) is 18.1. The van der Waals surface area contributed by atoms with Gasteiger partial charge in [-0.2, -0.15) is 0 Å². The summed E-state index contributed by atoms with van der Waals surface area (Å²) in [5.74, 6) is 1.29. The number of nitrogens with zero attached hydrogens (tertiary/aromatic N) is 3. The third kappa shape index (κ3) is 3.10. The summed E-state index contributed by atoms with van der Waals surface area (Å²) in [6.07, 6.45) is 0.288. The van der Waals surface area contributed by atoms with Gasteiger partial charge in [-0.15, -0.1) is 0 Å². The second-order valence-corrected chi connectivity index (χ2v) is 6.54. The number of fused-ring (bicyclic) bond motifs is 3. The van der Waals surface area contributed by atoms with Crippen LogP contribution in [0.1, 0.15) is 6.92 Å². The van der Waals surface area contributed by atoms with Crippen molar-refractivity contribution in [2.75, 3.05) is 24.8 Å². The van der Waals surface area contributed by atoms with Gasteiger partial charge >= 0.3 is 6.09 Å². The molecule has 4 rings (SSSR count). The zero-order chi connectivity index (χ0) is 19.8. The number of carbonyl (C=O) groups excluding carboxylic acids is 2. The molecule has 2 aromatic rings. The highest BCUT2D eigenvalue weighted by Gasteiger charge is 2.36. The molecule has 2 amide bonds. The minimum atomic E-state index is -0.781. The van der Waals surface area contributed by atoms with Crippen molar-refractivity contribution in [1.82, 2.24) is 9.55 Å². The molecule has 0 bridgehead atoms. The SMILES string of the molecule is C[C@H](Oc1ccc2c(c1)OCCn1cc(N3C(=O)OCC3CF)nc1-2)C(N)=O. The van der Waals surface area contributed by atoms with Crippen LogP contribution in [0.15, 0.2) is 24.4 Å². The molecule has 148 valence electrons. The third-order valence-electron chi connectivity index (χ3n) is 4.65. The number of aromatic nitrogens is 2. The number of alkyl halides is 1. The molecule has 1 fully saturated rings. The average molecular weight is 390 g/mol. The number of rotatable bonds is 5. The van der Waals surface area contributed by atoms with Crippen molar-refractivity contribution < 1.29 is 28.2 Å². The maximum atomic E-state index is 13.2. The van der Waals surface area contributed by atoms with Crippen molar-refractivity contribution in [1.29, 1.82) is 0 Å². The maximum absolute atomic E-state index is 13.2. The molecule has 3 heterocycles. The predicted octanol–water partition coefficient (Wildman–Crippen LogP) is 1.49. The second kappa shape index (κ2) is 7.02. The third-order valence-corrected chi connectivity index (χ3v) is 4.65. The molecule has 2 aliphatic rings. The van der Waals surface area contributed by atoms with Crippen LogP contribution in [0.3, 0.4) is 0 Å². The van der Waals surface area contributed by atoms with Gasteiger partial charge in [0.1, 0.15) is 43.3 Å². The molecule has 2 N–H and O–H groups in total. The standard InChI is InChI=1S/C18H19FN4O5/c1-10(16(20)24)28-12-2-3-13-14(6-12)26-5-4-22-8-15(21-17(13)22)23-11(7-19)9-27-18(23)25/h2-3,6,8,10-11H,4-5,7,9H2,1H3,(H2,20,24)/t10-,11?/m0/s1. The van der Waals surface area contributed by atoms with Gasteiger partial charge in [-0.25, -0.2) is 14.2 Å². The molecule has 1 aromatic carbocycles. The average Bonchev–Trinajstić information content (AvgIpc) is 3.20. The Labute approximate surface area is 159 Å². The maximum Gasteiger partial charge on any atom is 0.416 e. The Morgan fingerprint density at radius 2 is 2.29 bits per heavy atom. The molecule has 10 heteroatoms. The molecular weight excluding hydrogens is 371 g/mol. The van der Waals surface area contributed by atoms with Crippen LogP contribution in [0.5, 0.6) is 11.5 Å². The minimum Gasteiger partial charge on any atom is -0.491 e. The van der Waals surface area contributed by atoms with Gasteiger partial charge in [0, 0.05) is 12.3 Å². The fraction of sp³-hybridized carbons (Fsp3) is 0.389. The predicted molar refractivity (Wildman–Crippen MR) is 96.0 cm³/mol. The second-order valence-electron chi connectivity index (χ2n) is 6.54. The lowest BCUT2D eigenvalue weighted by Crippen LogP contribution is -2.35. The minimum absolute atomic E-state index is 0.00400. The van der Waals surface area contributed by atoms with E-state index in [1.165, 1.54) is 4.90 Å². The lowest BCUT2D eigenvalue weighted by molar-refractivity contribution is -0.123. The highest BCUT2D eigenvalue weighted by Crippen LogP contribution is 2.37. The van der Waals surface area contributed by atoms with Gasteiger partial charge in [0.05, 0.1) is 12.1 Å². The van der Waals surface area contributed by atoms with Crippen molar-refractivity contribution in [3.63, 3.8) is 0 Å². The first-order valence-electron chi connectivity index (χ1n) is 8.80. The molecule has 1 unspecified atom stereocenters. The zero-order valence-electron chi connectivity index (χ0n) is 15.1. The molecular formula is C18H19FN4O5. The van der Waals surface area contributed by atoms with Gasteiger partial charge in [-0.3, -0.25) is 9.69 Å². The highest BCUT2D eigenvalue weighted by atomic mass is 19.1. The van der Waals surface area contributed by atoms with E-state index in [-0.39, 0.29) is 6.61 Å². The topological polar surface area (TPSA) is 109 Å². The number of imidazole rings is 1. The molecule has 2 atom stereocenters. The summed E-state index contributed by atoms with van der Waals surface area (Å²) < 4.78 is 31.3. The zero-order valence-corrected chi connectivity index (χ0v) is 15.1. The van der Waals surface area contributed by atoms with Crippen LogP contribution in [0, 0.1) is 0 Å². The molecule has 1 aromatic heterocycles. The molecule has 0 radical (unpaired) electrons. The Kier molecular flexibility index (Phi) is 4.54. The van der Waals surface area contributed by atoms with Crippen molar-refractivity contribution in [2.24, 2.45) is 5.73 Å². The van der Waals surface area contributed by atoms with Crippen molar-refractivity contribution in [2.45, 2.75) is 25.6 Å². The van der Waals surface area contributed by atoms with Crippen LogP contribution in [-0.4, -0.2) is 53.6 Å². The van der Waals surface area contributed by atoms with E-state index in [0.717, 1.165) is 0 Å². The number of hydrogen-bond donors (Lipinski definition) is 1. The van der Waals surface area contributed by atoms with Gasteiger partial charge in [0.2, 0.25) is 0 Å². The summed E-state index contributed by atoms with van der Waals surface area (Å²) in [5, 5.41) is 0. The Hall–Kier alpha value is -3.30. The summed E-state index contributed by atoms with van der Waals surface area (Å²) in [5.41, 5.74) is 5.92. The van der Waals surface area contributed by atoms with Gasteiger partial charge < -0.3 is 24.5 Å². The number of hydrogen-bond acceptors (Lipinski definition) is 6. The van der Waals surface area contributed by atoms with Crippen LogP contribution in [0.4, 0.5) is 15.0 Å². The number of anilines is 1.